The number of rotatable bonds is 4. The minimum absolute atomic E-state index is 0.461. The van der Waals surface area contributed by atoms with Crippen molar-refractivity contribution in [3.8, 4) is 0 Å². The fourth-order valence-electron chi connectivity index (χ4n) is 2.22. The van der Waals surface area contributed by atoms with Gasteiger partial charge in [-0.05, 0) is 44.4 Å². The molecule has 86 valence electrons. The van der Waals surface area contributed by atoms with Gasteiger partial charge >= 0.3 is 0 Å². The molecule has 0 amide bonds. The van der Waals surface area contributed by atoms with Crippen molar-refractivity contribution in [2.24, 2.45) is 11.8 Å². The van der Waals surface area contributed by atoms with E-state index >= 15 is 0 Å². The lowest BCUT2D eigenvalue weighted by Gasteiger charge is -2.21. The summed E-state index contributed by atoms with van der Waals surface area (Å²) in [6.45, 7) is 6.71. The molecule has 0 aliphatic heterocycles. The summed E-state index contributed by atoms with van der Waals surface area (Å²) in [5, 5.41) is 0. The lowest BCUT2D eigenvalue weighted by molar-refractivity contribution is -0.121. The molecule has 1 rings (SSSR count). The molecule has 1 aliphatic carbocycles. The van der Waals surface area contributed by atoms with Gasteiger partial charge in [0.1, 0.15) is 5.78 Å². The number of carbonyl (C=O) groups is 1. The van der Waals surface area contributed by atoms with Gasteiger partial charge in [0.25, 0.3) is 0 Å². The summed E-state index contributed by atoms with van der Waals surface area (Å²) in [7, 11) is 0. The molecular formula is C14H24O. The highest BCUT2D eigenvalue weighted by molar-refractivity contribution is 5.79. The Kier molecular flexibility index (Phi) is 5.07. The van der Waals surface area contributed by atoms with Crippen LogP contribution in [0.4, 0.5) is 0 Å². The van der Waals surface area contributed by atoms with Gasteiger partial charge in [-0.25, -0.2) is 0 Å². The average molecular weight is 208 g/mol. The van der Waals surface area contributed by atoms with Gasteiger partial charge in [0, 0.05) is 12.8 Å². The number of carbonyl (C=O) groups excluding carboxylic acids is 1. The molecule has 1 atom stereocenters. The second-order valence-corrected chi connectivity index (χ2v) is 5.25. The van der Waals surface area contributed by atoms with Gasteiger partial charge < -0.3 is 0 Å². The largest absolute Gasteiger partial charge is 0.300 e. The van der Waals surface area contributed by atoms with Gasteiger partial charge in [0.15, 0.2) is 0 Å². The van der Waals surface area contributed by atoms with Gasteiger partial charge in [0.05, 0.1) is 0 Å². The van der Waals surface area contributed by atoms with Crippen LogP contribution in [0.2, 0.25) is 0 Å². The zero-order chi connectivity index (χ0) is 11.3. The van der Waals surface area contributed by atoms with Crippen LogP contribution in [0.3, 0.4) is 0 Å². The fourth-order valence-corrected chi connectivity index (χ4v) is 2.22. The number of ketones is 1. The van der Waals surface area contributed by atoms with E-state index < -0.39 is 0 Å². The highest BCUT2D eigenvalue weighted by Gasteiger charge is 2.20. The van der Waals surface area contributed by atoms with Gasteiger partial charge in [0.2, 0.25) is 0 Å². The van der Waals surface area contributed by atoms with Gasteiger partial charge in [-0.3, -0.25) is 4.79 Å². The molecule has 0 saturated heterocycles. The van der Waals surface area contributed by atoms with Crippen LogP contribution in [-0.2, 0) is 4.79 Å². The van der Waals surface area contributed by atoms with Crippen molar-refractivity contribution < 1.29 is 4.79 Å². The molecule has 0 aromatic heterocycles. The van der Waals surface area contributed by atoms with E-state index in [1.165, 1.54) is 24.8 Å². The van der Waals surface area contributed by atoms with Crippen LogP contribution in [0.5, 0.6) is 0 Å². The lowest BCUT2D eigenvalue weighted by Crippen LogP contribution is -2.15. The third kappa shape index (κ3) is 4.63. The fraction of sp³-hybridized carbons (Fsp3) is 0.786. The molecule has 0 bridgehead atoms. The zero-order valence-corrected chi connectivity index (χ0v) is 10.4. The molecule has 1 fully saturated rings. The van der Waals surface area contributed by atoms with E-state index in [0.717, 1.165) is 25.2 Å². The molecule has 0 N–H and O–H groups in total. The number of Topliss-reactive ketones (excluding diaryl/α,β-unsaturated/α-hetero) is 1. The van der Waals surface area contributed by atoms with E-state index in [1.807, 2.05) is 0 Å². The standard InChI is InChI=1S/C14H24O/c1-11(2)6-4-7-12(3)13-8-5-9-14(15)10-13/h7,11,13H,4-6,8-10H2,1-3H3/b12-7+. The molecule has 0 radical (unpaired) electrons. The summed E-state index contributed by atoms with van der Waals surface area (Å²) in [4.78, 5) is 11.3. The van der Waals surface area contributed by atoms with E-state index in [-0.39, 0.29) is 0 Å². The van der Waals surface area contributed by atoms with Crippen molar-refractivity contribution in [3.63, 3.8) is 0 Å². The summed E-state index contributed by atoms with van der Waals surface area (Å²) >= 11 is 0. The van der Waals surface area contributed by atoms with Crippen molar-refractivity contribution in [1.82, 2.24) is 0 Å². The predicted molar refractivity (Wildman–Crippen MR) is 64.8 cm³/mol. The second kappa shape index (κ2) is 6.09. The minimum atomic E-state index is 0.461. The smallest absolute Gasteiger partial charge is 0.133 e. The number of allylic oxidation sites excluding steroid dienone is 2. The average Bonchev–Trinajstić information content (AvgIpc) is 2.17. The van der Waals surface area contributed by atoms with Crippen molar-refractivity contribution >= 4 is 5.78 Å². The molecule has 15 heavy (non-hydrogen) atoms. The Hall–Kier alpha value is -0.590. The van der Waals surface area contributed by atoms with E-state index in [9.17, 15) is 4.79 Å². The predicted octanol–water partition coefficient (Wildman–Crippen LogP) is 4.13. The van der Waals surface area contributed by atoms with Crippen LogP contribution in [0, 0.1) is 11.8 Å². The van der Waals surface area contributed by atoms with Crippen molar-refractivity contribution in [2.75, 3.05) is 0 Å². The summed E-state index contributed by atoms with van der Waals surface area (Å²) < 4.78 is 0. The van der Waals surface area contributed by atoms with Crippen molar-refractivity contribution in [1.29, 1.82) is 0 Å². The molecule has 1 aliphatic rings. The minimum Gasteiger partial charge on any atom is -0.300 e. The SMILES string of the molecule is C/C(=C\CCC(C)C)C1CCCC(=O)C1. The molecule has 1 nitrogen and oxygen atoms in total. The highest BCUT2D eigenvalue weighted by Crippen LogP contribution is 2.28. The first-order valence-electron chi connectivity index (χ1n) is 6.28. The quantitative estimate of drug-likeness (QED) is 0.635. The zero-order valence-electron chi connectivity index (χ0n) is 10.4. The summed E-state index contributed by atoms with van der Waals surface area (Å²) in [5.41, 5.74) is 1.45. The third-order valence-electron chi connectivity index (χ3n) is 3.34. The van der Waals surface area contributed by atoms with E-state index in [2.05, 4.69) is 26.8 Å². The van der Waals surface area contributed by atoms with Crippen LogP contribution in [0.25, 0.3) is 0 Å². The van der Waals surface area contributed by atoms with Crippen LogP contribution in [-0.4, -0.2) is 5.78 Å². The Morgan fingerprint density at radius 1 is 1.53 bits per heavy atom. The van der Waals surface area contributed by atoms with Crippen LogP contribution in [0.15, 0.2) is 11.6 Å². The summed E-state index contributed by atoms with van der Waals surface area (Å²) in [5.74, 6) is 1.79. The maximum Gasteiger partial charge on any atom is 0.133 e. The first-order valence-corrected chi connectivity index (χ1v) is 6.28. The second-order valence-electron chi connectivity index (χ2n) is 5.25. The summed E-state index contributed by atoms with van der Waals surface area (Å²) in [6.07, 6.45) is 8.71. The maximum absolute atomic E-state index is 11.3. The number of hydrogen-bond donors (Lipinski definition) is 0. The maximum atomic E-state index is 11.3. The molecule has 0 heterocycles. The Morgan fingerprint density at radius 3 is 2.87 bits per heavy atom. The Bertz CT molecular complexity index is 238. The Morgan fingerprint density at radius 2 is 2.27 bits per heavy atom. The van der Waals surface area contributed by atoms with Crippen LogP contribution < -0.4 is 0 Å². The van der Waals surface area contributed by atoms with E-state index in [1.54, 1.807) is 0 Å². The topological polar surface area (TPSA) is 17.1 Å². The normalized spacial score (nSPS) is 23.6. The number of hydrogen-bond acceptors (Lipinski definition) is 1. The Balaban J connectivity index is 2.37. The molecule has 0 aromatic carbocycles. The molecule has 1 unspecified atom stereocenters. The molecule has 0 aromatic rings. The van der Waals surface area contributed by atoms with Gasteiger partial charge in [-0.2, -0.15) is 0 Å². The van der Waals surface area contributed by atoms with E-state index in [4.69, 9.17) is 0 Å². The third-order valence-corrected chi connectivity index (χ3v) is 3.34. The summed E-state index contributed by atoms with van der Waals surface area (Å²) in [6, 6.07) is 0. The first kappa shape index (κ1) is 12.5. The van der Waals surface area contributed by atoms with Crippen LogP contribution >= 0.6 is 0 Å². The van der Waals surface area contributed by atoms with Crippen molar-refractivity contribution in [2.45, 2.75) is 59.3 Å². The molecular weight excluding hydrogens is 184 g/mol. The van der Waals surface area contributed by atoms with Gasteiger partial charge in [-0.15, -0.1) is 0 Å². The van der Waals surface area contributed by atoms with Crippen LogP contribution in [0.1, 0.15) is 59.3 Å². The van der Waals surface area contributed by atoms with Crippen molar-refractivity contribution in [3.05, 3.63) is 11.6 Å². The molecule has 1 saturated carbocycles. The first-order chi connectivity index (χ1) is 7.09. The molecule has 1 heteroatoms. The van der Waals surface area contributed by atoms with Gasteiger partial charge in [-0.1, -0.05) is 25.5 Å². The Labute approximate surface area is 93.9 Å². The molecule has 0 spiro atoms. The highest BCUT2D eigenvalue weighted by atomic mass is 16.1. The van der Waals surface area contributed by atoms with E-state index in [0.29, 0.717) is 11.7 Å². The monoisotopic (exact) mass is 208 g/mol. The lowest BCUT2D eigenvalue weighted by atomic mass is 9.83.